The third kappa shape index (κ3) is 6.48. The molecule has 7 aliphatic rings. The van der Waals surface area contributed by atoms with Crippen molar-refractivity contribution in [3.05, 3.63) is 11.6 Å². The maximum atomic E-state index is 12.1. The largest absolute Gasteiger partial charge is 0.396 e. The van der Waals surface area contributed by atoms with Gasteiger partial charge >= 0.3 is 0 Å². The first-order chi connectivity index (χ1) is 26.6. The number of aliphatic hydroxyl groups excluding tert-OH is 9. The Labute approximate surface area is 337 Å². The van der Waals surface area contributed by atoms with Gasteiger partial charge in [0.15, 0.2) is 12.6 Å². The number of methoxy groups -OCH3 is 1. The van der Waals surface area contributed by atoms with Crippen LogP contribution in [0.15, 0.2) is 11.6 Å². The van der Waals surface area contributed by atoms with Gasteiger partial charge in [0.2, 0.25) is 0 Å². The molecular formula is C43H72O14. The van der Waals surface area contributed by atoms with Crippen molar-refractivity contribution in [2.24, 2.45) is 50.2 Å². The molecule has 2 saturated heterocycles. The van der Waals surface area contributed by atoms with Crippen LogP contribution in [0.4, 0.5) is 0 Å². The van der Waals surface area contributed by atoms with Gasteiger partial charge in [0.1, 0.15) is 42.7 Å². The van der Waals surface area contributed by atoms with E-state index in [1.54, 1.807) is 14.0 Å². The lowest BCUT2D eigenvalue weighted by atomic mass is 9.32. The van der Waals surface area contributed by atoms with E-state index in [0.29, 0.717) is 12.8 Å². The van der Waals surface area contributed by atoms with Crippen LogP contribution in [0, 0.1) is 50.2 Å². The highest BCUT2D eigenvalue weighted by molar-refractivity contribution is 5.37. The van der Waals surface area contributed by atoms with Gasteiger partial charge in [0.25, 0.3) is 0 Å². The molecule has 21 atom stereocenters. The second-order valence-corrected chi connectivity index (χ2v) is 21.0. The monoisotopic (exact) mass is 812 g/mol. The molecule has 3 unspecified atom stereocenters. The van der Waals surface area contributed by atoms with Gasteiger partial charge in [-0.3, -0.25) is 0 Å². The predicted octanol–water partition coefficient (Wildman–Crippen LogP) is 1.39. The van der Waals surface area contributed by atoms with E-state index in [1.165, 1.54) is 5.57 Å². The Kier molecular flexibility index (Phi) is 11.8. The maximum absolute atomic E-state index is 12.1. The lowest BCUT2D eigenvalue weighted by Gasteiger charge is -2.73. The summed E-state index contributed by atoms with van der Waals surface area (Å²) in [5.74, 6) is 0.0264. The van der Waals surface area contributed by atoms with E-state index in [9.17, 15) is 46.0 Å². The standard InChI is InChI=1S/C43H72O14/c1-21-29(48)34(57-36-32(51)31(50)30(49)25(18-44)55-36)33(52)37(54-21)56-28-10-11-39(4)26(40(28,5)19-45)9-12-41(6)35(39)24(53-8)15-22-23-16-38(2,3)13-14-43(23,20-46)27(47)17-42(22,41)7/h15,21,23-37,44-52H,9-14,16-20H2,1-8H3/t21-,23?,24-,25-,26?,27+,28+,29+,30-,31+,32-,33-,34+,35?,36+,37+,39+,40+,41-,42-,43-/m0/s1. The van der Waals surface area contributed by atoms with Crippen LogP contribution in [0.2, 0.25) is 0 Å². The minimum atomic E-state index is -1.74. The van der Waals surface area contributed by atoms with Gasteiger partial charge < -0.3 is 69.6 Å². The fourth-order valence-corrected chi connectivity index (χ4v) is 14.0. The van der Waals surface area contributed by atoms with Gasteiger partial charge in [-0.15, -0.1) is 0 Å². The van der Waals surface area contributed by atoms with E-state index in [2.05, 4.69) is 40.7 Å². The number of rotatable bonds is 8. The van der Waals surface area contributed by atoms with E-state index >= 15 is 0 Å². The van der Waals surface area contributed by atoms with Crippen LogP contribution in [-0.2, 0) is 23.7 Å². The summed E-state index contributed by atoms with van der Waals surface area (Å²) in [6.45, 7) is 14.4. The Bertz CT molecular complexity index is 1490. The van der Waals surface area contributed by atoms with Crippen LogP contribution in [0.1, 0.15) is 99.8 Å². The third-order valence-corrected chi connectivity index (χ3v) is 17.7. The van der Waals surface area contributed by atoms with E-state index in [4.69, 9.17) is 23.7 Å². The van der Waals surface area contributed by atoms with Crippen molar-refractivity contribution >= 4 is 0 Å². The van der Waals surface area contributed by atoms with Gasteiger partial charge in [-0.05, 0) is 91.8 Å². The van der Waals surface area contributed by atoms with Crippen molar-refractivity contribution in [2.45, 2.75) is 180 Å². The lowest BCUT2D eigenvalue weighted by Crippen LogP contribution is -2.70. The van der Waals surface area contributed by atoms with E-state index in [1.807, 2.05) is 6.92 Å². The van der Waals surface area contributed by atoms with Crippen molar-refractivity contribution in [1.29, 1.82) is 0 Å². The minimum absolute atomic E-state index is 0.0303. The molecule has 0 amide bonds. The van der Waals surface area contributed by atoms with Crippen LogP contribution >= 0.6 is 0 Å². The first-order valence-electron chi connectivity index (χ1n) is 21.4. The fraction of sp³-hybridized carbons (Fsp3) is 0.953. The first-order valence-corrected chi connectivity index (χ1v) is 21.4. The number of fused-ring (bicyclic) bond motifs is 7. The zero-order valence-corrected chi connectivity index (χ0v) is 35.2. The van der Waals surface area contributed by atoms with Gasteiger partial charge in [0.05, 0.1) is 44.2 Å². The number of hydrogen-bond donors (Lipinski definition) is 9. The van der Waals surface area contributed by atoms with E-state index < -0.39 is 91.1 Å². The van der Waals surface area contributed by atoms with Gasteiger partial charge in [-0.1, -0.05) is 53.2 Å². The topological polar surface area (TPSA) is 228 Å². The summed E-state index contributed by atoms with van der Waals surface area (Å²) in [7, 11) is 1.78. The number of aliphatic hydroxyl groups is 9. The highest BCUT2D eigenvalue weighted by Gasteiger charge is 2.72. The summed E-state index contributed by atoms with van der Waals surface area (Å²) in [4.78, 5) is 0. The molecule has 7 rings (SSSR count). The lowest BCUT2D eigenvalue weighted by molar-refractivity contribution is -0.368. The van der Waals surface area contributed by atoms with Gasteiger partial charge in [-0.25, -0.2) is 0 Å². The van der Waals surface area contributed by atoms with Crippen molar-refractivity contribution in [2.75, 3.05) is 26.9 Å². The Balaban J connectivity index is 1.17. The predicted molar refractivity (Wildman–Crippen MR) is 205 cm³/mol. The normalized spacial score (nSPS) is 56.1. The second-order valence-electron chi connectivity index (χ2n) is 21.0. The summed E-state index contributed by atoms with van der Waals surface area (Å²) in [6.07, 6.45) is -7.49. The summed E-state index contributed by atoms with van der Waals surface area (Å²) >= 11 is 0. The van der Waals surface area contributed by atoms with E-state index in [-0.39, 0.29) is 58.7 Å². The molecule has 14 heteroatoms. The van der Waals surface area contributed by atoms with Crippen LogP contribution in [-0.4, -0.2) is 153 Å². The molecule has 0 aromatic rings. The molecule has 4 saturated carbocycles. The quantitative estimate of drug-likeness (QED) is 0.125. The fourth-order valence-electron chi connectivity index (χ4n) is 14.0. The third-order valence-electron chi connectivity index (χ3n) is 17.7. The van der Waals surface area contributed by atoms with Crippen molar-refractivity contribution in [3.63, 3.8) is 0 Å². The highest BCUT2D eigenvalue weighted by atomic mass is 16.7. The smallest absolute Gasteiger partial charge is 0.187 e. The summed E-state index contributed by atoms with van der Waals surface area (Å²) in [5.41, 5.74) is -0.934. The molecule has 0 aromatic carbocycles. The minimum Gasteiger partial charge on any atom is -0.396 e. The van der Waals surface area contributed by atoms with Crippen molar-refractivity contribution < 1.29 is 69.6 Å². The SMILES string of the molecule is CO[C@H]1C=C2C3CC(C)(C)CC[C@@]3(CO)[C@H](O)C[C@]2(C)[C@@]2(C)CCC3[C@@](C)(CC[C@@H](O[C@H]4O[C@@H](C)[C@@H](O)[C@@H](O[C@H]5O[C@@H](CO)[C@H](O)[C@@H](O)[C@@H]5O)[C@@H]4O)[C@]3(C)CO)C12. The molecule has 328 valence electrons. The van der Waals surface area contributed by atoms with Crippen LogP contribution in [0.3, 0.4) is 0 Å². The molecule has 0 radical (unpaired) electrons. The Morgan fingerprint density at radius 2 is 1.42 bits per heavy atom. The molecule has 6 fully saturated rings. The van der Waals surface area contributed by atoms with Crippen LogP contribution in [0.25, 0.3) is 0 Å². The summed E-state index contributed by atoms with van der Waals surface area (Å²) < 4.78 is 30.6. The molecule has 0 aromatic heterocycles. The molecule has 2 heterocycles. The summed E-state index contributed by atoms with van der Waals surface area (Å²) in [6, 6.07) is 0. The Morgan fingerprint density at radius 3 is 2.05 bits per heavy atom. The van der Waals surface area contributed by atoms with Gasteiger partial charge in [0, 0.05) is 23.9 Å². The average molecular weight is 813 g/mol. The van der Waals surface area contributed by atoms with Crippen molar-refractivity contribution in [1.82, 2.24) is 0 Å². The summed E-state index contributed by atoms with van der Waals surface area (Å²) in [5, 5.41) is 98.1. The zero-order chi connectivity index (χ0) is 41.8. The molecule has 2 aliphatic heterocycles. The Morgan fingerprint density at radius 1 is 0.737 bits per heavy atom. The molecule has 14 nitrogen and oxygen atoms in total. The molecule has 5 aliphatic carbocycles. The molecule has 57 heavy (non-hydrogen) atoms. The van der Waals surface area contributed by atoms with Crippen LogP contribution in [0.5, 0.6) is 0 Å². The zero-order valence-electron chi connectivity index (χ0n) is 35.2. The number of allylic oxidation sites excluding steroid dienone is 1. The second kappa shape index (κ2) is 15.2. The molecular weight excluding hydrogens is 740 g/mol. The molecule has 9 N–H and O–H groups in total. The first kappa shape index (κ1) is 44.2. The van der Waals surface area contributed by atoms with Crippen molar-refractivity contribution in [3.8, 4) is 0 Å². The number of hydrogen-bond acceptors (Lipinski definition) is 14. The molecule has 0 spiro atoms. The Hall–Kier alpha value is -0.820. The van der Waals surface area contributed by atoms with Crippen LogP contribution < -0.4 is 0 Å². The average Bonchev–Trinajstić information content (AvgIpc) is 3.16. The maximum Gasteiger partial charge on any atom is 0.187 e. The highest BCUT2D eigenvalue weighted by Crippen LogP contribution is 2.76. The molecule has 0 bridgehead atoms. The number of ether oxygens (including phenoxy) is 5. The van der Waals surface area contributed by atoms with E-state index in [0.717, 1.165) is 38.5 Å². The van der Waals surface area contributed by atoms with Gasteiger partial charge in [-0.2, -0.15) is 0 Å².